The Morgan fingerprint density at radius 2 is 2.07 bits per heavy atom. The zero-order valence-corrected chi connectivity index (χ0v) is 10.1. The molecule has 0 aliphatic carbocycles. The maximum atomic E-state index is 4.29. The third-order valence-corrected chi connectivity index (χ3v) is 2.96. The predicted octanol–water partition coefficient (Wildman–Crippen LogP) is 3.62. The summed E-state index contributed by atoms with van der Waals surface area (Å²) in [6, 6.07) is 2.08. The first kappa shape index (κ1) is 9.71. The molecule has 0 aliphatic rings. The fourth-order valence-electron chi connectivity index (χ4n) is 1.64. The van der Waals surface area contributed by atoms with Gasteiger partial charge in [-0.2, -0.15) is 0 Å². The number of hydrogen-bond donors (Lipinski definition) is 1. The second-order valence-electron chi connectivity index (χ2n) is 4.47. The van der Waals surface area contributed by atoms with Gasteiger partial charge in [0.25, 0.3) is 0 Å². The molecule has 2 heterocycles. The van der Waals surface area contributed by atoms with E-state index >= 15 is 0 Å². The lowest BCUT2D eigenvalue weighted by Gasteiger charge is -2.19. The van der Waals surface area contributed by atoms with E-state index in [0.29, 0.717) is 0 Å². The number of hydrogen-bond acceptors (Lipinski definition) is 1. The summed E-state index contributed by atoms with van der Waals surface area (Å²) in [4.78, 5) is 7.43. The Morgan fingerprint density at radius 3 is 2.71 bits per heavy atom. The van der Waals surface area contributed by atoms with Crippen molar-refractivity contribution in [1.29, 1.82) is 0 Å². The monoisotopic (exact) mass is 252 g/mol. The number of H-pyrrole nitrogens is 1. The normalized spacial score (nSPS) is 12.3. The highest BCUT2D eigenvalue weighted by Crippen LogP contribution is 2.33. The van der Waals surface area contributed by atoms with Crippen LogP contribution < -0.4 is 0 Å². The van der Waals surface area contributed by atoms with E-state index < -0.39 is 0 Å². The molecule has 1 N–H and O–H groups in total. The Bertz CT molecular complexity index is 466. The van der Waals surface area contributed by atoms with Crippen LogP contribution in [0.25, 0.3) is 11.0 Å². The van der Waals surface area contributed by atoms with Gasteiger partial charge in [0, 0.05) is 22.3 Å². The van der Waals surface area contributed by atoms with E-state index in [9.17, 15) is 0 Å². The van der Waals surface area contributed by atoms with Crippen molar-refractivity contribution in [3.8, 4) is 0 Å². The molecule has 0 saturated heterocycles. The predicted molar refractivity (Wildman–Crippen MR) is 62.5 cm³/mol. The third-order valence-electron chi connectivity index (χ3n) is 2.33. The largest absolute Gasteiger partial charge is 0.345 e. The molecule has 0 radical (unpaired) electrons. The zero-order valence-electron chi connectivity index (χ0n) is 8.56. The summed E-state index contributed by atoms with van der Waals surface area (Å²) < 4.78 is 1.09. The van der Waals surface area contributed by atoms with Crippen molar-refractivity contribution in [2.24, 2.45) is 0 Å². The van der Waals surface area contributed by atoms with E-state index in [-0.39, 0.29) is 5.41 Å². The summed E-state index contributed by atoms with van der Waals surface area (Å²) in [5, 5.41) is 1.19. The smallest absolute Gasteiger partial charge is 0.138 e. The van der Waals surface area contributed by atoms with Gasteiger partial charge in [-0.1, -0.05) is 20.8 Å². The van der Waals surface area contributed by atoms with Gasteiger partial charge < -0.3 is 4.98 Å². The summed E-state index contributed by atoms with van der Waals surface area (Å²) in [5.74, 6) is 0. The van der Waals surface area contributed by atoms with Gasteiger partial charge in [0.05, 0.1) is 0 Å². The number of halogens is 1. The summed E-state index contributed by atoms with van der Waals surface area (Å²) in [6.45, 7) is 6.63. The van der Waals surface area contributed by atoms with Gasteiger partial charge in [0.2, 0.25) is 0 Å². The molecule has 74 valence electrons. The lowest BCUT2D eigenvalue weighted by atomic mass is 9.86. The molecule has 0 bridgehead atoms. The van der Waals surface area contributed by atoms with Crippen molar-refractivity contribution in [2.75, 3.05) is 0 Å². The number of pyridine rings is 1. The zero-order chi connectivity index (χ0) is 10.3. The number of nitrogens with one attached hydrogen (secondary N) is 1. The molecule has 0 saturated carbocycles. The van der Waals surface area contributed by atoms with Crippen LogP contribution in [0.2, 0.25) is 0 Å². The lowest BCUT2D eigenvalue weighted by Crippen LogP contribution is -2.11. The van der Waals surface area contributed by atoms with Crippen molar-refractivity contribution in [1.82, 2.24) is 9.97 Å². The van der Waals surface area contributed by atoms with E-state index in [1.165, 1.54) is 10.9 Å². The standard InChI is InChI=1S/C11H13BrN2/c1-11(2,3)7-4-5-13-10-9(7)8(12)6-14-10/h4-6H,1-3H3,(H,13,14). The molecule has 2 rings (SSSR count). The van der Waals surface area contributed by atoms with Crippen LogP contribution in [-0.2, 0) is 5.41 Å². The highest BCUT2D eigenvalue weighted by molar-refractivity contribution is 9.10. The Labute approximate surface area is 91.9 Å². The van der Waals surface area contributed by atoms with Gasteiger partial charge >= 0.3 is 0 Å². The van der Waals surface area contributed by atoms with E-state index in [1.807, 2.05) is 12.4 Å². The van der Waals surface area contributed by atoms with Gasteiger partial charge in [0.1, 0.15) is 5.65 Å². The maximum Gasteiger partial charge on any atom is 0.138 e. The molecule has 2 nitrogen and oxygen atoms in total. The quantitative estimate of drug-likeness (QED) is 0.763. The molecule has 0 amide bonds. The minimum atomic E-state index is 0.145. The molecule has 0 atom stereocenters. The van der Waals surface area contributed by atoms with Crippen LogP contribution in [0.1, 0.15) is 26.3 Å². The Balaban J connectivity index is 2.82. The minimum absolute atomic E-state index is 0.145. The van der Waals surface area contributed by atoms with Crippen LogP contribution in [0.4, 0.5) is 0 Å². The van der Waals surface area contributed by atoms with Crippen LogP contribution in [0.15, 0.2) is 22.9 Å². The van der Waals surface area contributed by atoms with Gasteiger partial charge in [-0.15, -0.1) is 0 Å². The fourth-order valence-corrected chi connectivity index (χ4v) is 2.16. The first-order chi connectivity index (χ1) is 6.50. The molecule has 2 aromatic heterocycles. The molecule has 0 unspecified atom stereocenters. The summed E-state index contributed by atoms with van der Waals surface area (Å²) in [6.07, 6.45) is 3.79. The van der Waals surface area contributed by atoms with Crippen LogP contribution in [0, 0.1) is 0 Å². The second kappa shape index (κ2) is 3.09. The molecule has 0 aromatic carbocycles. The number of fused-ring (bicyclic) bond motifs is 1. The van der Waals surface area contributed by atoms with Gasteiger partial charge in [-0.25, -0.2) is 4.98 Å². The molecule has 0 spiro atoms. The van der Waals surface area contributed by atoms with Crippen LogP contribution in [0.3, 0.4) is 0 Å². The SMILES string of the molecule is CC(C)(C)c1ccnc2[nH]cc(Br)c12. The fraction of sp³-hybridized carbons (Fsp3) is 0.364. The van der Waals surface area contributed by atoms with Gasteiger partial charge in [0.15, 0.2) is 0 Å². The molecule has 0 aliphatic heterocycles. The number of nitrogens with zero attached hydrogens (tertiary/aromatic N) is 1. The van der Waals surface area contributed by atoms with E-state index in [0.717, 1.165) is 10.1 Å². The Hall–Kier alpha value is -0.830. The van der Waals surface area contributed by atoms with E-state index in [2.05, 4.69) is 52.7 Å². The number of rotatable bonds is 0. The van der Waals surface area contributed by atoms with Crippen LogP contribution >= 0.6 is 15.9 Å². The highest BCUT2D eigenvalue weighted by atomic mass is 79.9. The Kier molecular flexibility index (Phi) is 2.14. The number of aromatic nitrogens is 2. The summed E-state index contributed by atoms with van der Waals surface area (Å²) in [7, 11) is 0. The average molecular weight is 253 g/mol. The maximum absolute atomic E-state index is 4.29. The van der Waals surface area contributed by atoms with Crippen molar-refractivity contribution in [3.63, 3.8) is 0 Å². The molecular formula is C11H13BrN2. The second-order valence-corrected chi connectivity index (χ2v) is 5.32. The van der Waals surface area contributed by atoms with Crippen LogP contribution in [-0.4, -0.2) is 9.97 Å². The topological polar surface area (TPSA) is 28.7 Å². The molecule has 2 aromatic rings. The lowest BCUT2D eigenvalue weighted by molar-refractivity contribution is 0.595. The van der Waals surface area contributed by atoms with E-state index in [1.54, 1.807) is 0 Å². The van der Waals surface area contributed by atoms with Crippen LogP contribution in [0.5, 0.6) is 0 Å². The van der Waals surface area contributed by atoms with E-state index in [4.69, 9.17) is 0 Å². The molecule has 0 fully saturated rings. The first-order valence-corrected chi connectivity index (χ1v) is 5.41. The average Bonchev–Trinajstić information content (AvgIpc) is 2.46. The first-order valence-electron chi connectivity index (χ1n) is 4.62. The van der Waals surface area contributed by atoms with Crippen molar-refractivity contribution < 1.29 is 0 Å². The van der Waals surface area contributed by atoms with Gasteiger partial charge in [-0.3, -0.25) is 0 Å². The summed E-state index contributed by atoms with van der Waals surface area (Å²) >= 11 is 3.54. The highest BCUT2D eigenvalue weighted by Gasteiger charge is 2.19. The molecule has 3 heteroatoms. The minimum Gasteiger partial charge on any atom is -0.345 e. The Morgan fingerprint density at radius 1 is 1.36 bits per heavy atom. The van der Waals surface area contributed by atoms with Crippen molar-refractivity contribution in [3.05, 3.63) is 28.5 Å². The third kappa shape index (κ3) is 1.46. The van der Waals surface area contributed by atoms with Crippen molar-refractivity contribution >= 4 is 27.0 Å². The number of aromatic amines is 1. The molecule has 14 heavy (non-hydrogen) atoms. The van der Waals surface area contributed by atoms with Crippen molar-refractivity contribution in [2.45, 2.75) is 26.2 Å². The van der Waals surface area contributed by atoms with Gasteiger partial charge in [-0.05, 0) is 33.0 Å². The summed E-state index contributed by atoms with van der Waals surface area (Å²) in [5.41, 5.74) is 2.41. The molecular weight excluding hydrogens is 240 g/mol.